The van der Waals surface area contributed by atoms with E-state index in [2.05, 4.69) is 75.0 Å². The van der Waals surface area contributed by atoms with Crippen molar-refractivity contribution in [1.82, 2.24) is 9.80 Å². The standard InChI is InChI=1S/C22H36N2O2/c1-17-15-23(13-9-19(17)25)21(3,4)11-7-8-12-22(5,6)24-14-10-20(26)18(2)16-24/h17-20,25-26H,9-10,13-16H2,1-6H3/t17-,18-,19-,20+/m1/s1. The molecule has 0 aliphatic carbocycles. The number of piperidine rings is 2. The smallest absolute Gasteiger partial charge is 0.0779 e. The molecule has 4 atom stereocenters. The van der Waals surface area contributed by atoms with E-state index in [1.54, 1.807) is 0 Å². The Labute approximate surface area is 159 Å². The molecule has 0 radical (unpaired) electrons. The van der Waals surface area contributed by atoms with Crippen molar-refractivity contribution in [3.05, 3.63) is 0 Å². The molecule has 4 nitrogen and oxygen atoms in total. The maximum absolute atomic E-state index is 9.92. The third-order valence-corrected chi connectivity index (χ3v) is 6.10. The van der Waals surface area contributed by atoms with Gasteiger partial charge in [0.05, 0.1) is 23.3 Å². The van der Waals surface area contributed by atoms with Gasteiger partial charge in [0.25, 0.3) is 0 Å². The zero-order chi connectivity index (χ0) is 19.5. The van der Waals surface area contributed by atoms with Gasteiger partial charge < -0.3 is 10.2 Å². The summed E-state index contributed by atoms with van der Waals surface area (Å²) >= 11 is 0. The topological polar surface area (TPSA) is 46.9 Å². The Balaban J connectivity index is 2.00. The Morgan fingerprint density at radius 3 is 1.38 bits per heavy atom. The van der Waals surface area contributed by atoms with Crippen LogP contribution in [0.4, 0.5) is 0 Å². The number of aliphatic hydroxyl groups excluding tert-OH is 2. The van der Waals surface area contributed by atoms with Crippen LogP contribution >= 0.6 is 0 Å². The molecule has 0 aromatic rings. The van der Waals surface area contributed by atoms with Crippen LogP contribution in [0.25, 0.3) is 0 Å². The number of aliphatic hydroxyl groups is 2. The second-order valence-electron chi connectivity index (χ2n) is 9.18. The van der Waals surface area contributed by atoms with E-state index in [-0.39, 0.29) is 35.1 Å². The largest absolute Gasteiger partial charge is 0.393 e. The van der Waals surface area contributed by atoms with Gasteiger partial charge in [0.15, 0.2) is 0 Å². The van der Waals surface area contributed by atoms with Gasteiger partial charge in [0, 0.05) is 26.2 Å². The minimum atomic E-state index is -0.239. The number of hydrogen-bond acceptors (Lipinski definition) is 4. The van der Waals surface area contributed by atoms with Crippen molar-refractivity contribution >= 4 is 0 Å². The fourth-order valence-electron chi connectivity index (χ4n) is 3.81. The molecule has 0 aromatic carbocycles. The number of likely N-dealkylation sites (tertiary alicyclic amines) is 2. The van der Waals surface area contributed by atoms with E-state index in [1.807, 2.05) is 0 Å². The maximum atomic E-state index is 9.92. The van der Waals surface area contributed by atoms with Crippen LogP contribution in [0.1, 0.15) is 54.4 Å². The second kappa shape index (κ2) is 8.32. The molecule has 4 heteroatoms. The second-order valence-corrected chi connectivity index (χ2v) is 9.18. The third kappa shape index (κ3) is 5.24. The van der Waals surface area contributed by atoms with Crippen molar-refractivity contribution in [2.45, 2.75) is 77.7 Å². The summed E-state index contributed by atoms with van der Waals surface area (Å²) in [5, 5.41) is 19.8. The highest BCUT2D eigenvalue weighted by molar-refractivity contribution is 5.33. The van der Waals surface area contributed by atoms with E-state index >= 15 is 0 Å². The van der Waals surface area contributed by atoms with Gasteiger partial charge in [-0.2, -0.15) is 0 Å². The number of hydrogen-bond donors (Lipinski definition) is 2. The summed E-state index contributed by atoms with van der Waals surface area (Å²) in [6, 6.07) is 0. The average molecular weight is 361 g/mol. The number of nitrogens with zero attached hydrogens (tertiary/aromatic N) is 2. The quantitative estimate of drug-likeness (QED) is 0.739. The monoisotopic (exact) mass is 360 g/mol. The van der Waals surface area contributed by atoms with Crippen LogP contribution in [0.5, 0.6) is 0 Å². The van der Waals surface area contributed by atoms with Crippen LogP contribution in [0, 0.1) is 35.5 Å². The molecule has 0 aromatic heterocycles. The van der Waals surface area contributed by atoms with Crippen LogP contribution in [0.3, 0.4) is 0 Å². The first-order chi connectivity index (χ1) is 12.0. The van der Waals surface area contributed by atoms with Crippen LogP contribution in [-0.4, -0.2) is 69.5 Å². The van der Waals surface area contributed by atoms with Crippen molar-refractivity contribution in [2.24, 2.45) is 11.8 Å². The van der Waals surface area contributed by atoms with E-state index in [0.29, 0.717) is 0 Å². The zero-order valence-corrected chi connectivity index (χ0v) is 17.3. The molecule has 0 spiro atoms. The Bertz CT molecular complexity index is 551. The Morgan fingerprint density at radius 1 is 0.731 bits per heavy atom. The molecule has 0 unspecified atom stereocenters. The van der Waals surface area contributed by atoms with Crippen molar-refractivity contribution in [3.8, 4) is 23.7 Å². The number of rotatable bonds is 2. The van der Waals surface area contributed by atoms with Crippen molar-refractivity contribution in [2.75, 3.05) is 26.2 Å². The maximum Gasteiger partial charge on any atom is 0.0779 e. The molecule has 2 aliphatic rings. The van der Waals surface area contributed by atoms with Crippen molar-refractivity contribution in [1.29, 1.82) is 0 Å². The summed E-state index contributed by atoms with van der Waals surface area (Å²) in [4.78, 5) is 4.69. The van der Waals surface area contributed by atoms with E-state index in [4.69, 9.17) is 0 Å². The molecule has 0 amide bonds. The van der Waals surface area contributed by atoms with Gasteiger partial charge in [-0.25, -0.2) is 0 Å². The Kier molecular flexibility index (Phi) is 6.81. The van der Waals surface area contributed by atoms with Crippen molar-refractivity contribution in [3.63, 3.8) is 0 Å². The van der Waals surface area contributed by atoms with Gasteiger partial charge in [-0.3, -0.25) is 9.80 Å². The lowest BCUT2D eigenvalue weighted by molar-refractivity contribution is 0.00867. The van der Waals surface area contributed by atoms with Gasteiger partial charge in [-0.15, -0.1) is 0 Å². The van der Waals surface area contributed by atoms with Gasteiger partial charge in [0.1, 0.15) is 0 Å². The lowest BCUT2D eigenvalue weighted by atomic mass is 9.91. The van der Waals surface area contributed by atoms with Crippen LogP contribution < -0.4 is 0 Å². The molecular weight excluding hydrogens is 324 g/mol. The van der Waals surface area contributed by atoms with Gasteiger partial charge >= 0.3 is 0 Å². The first kappa shape index (κ1) is 21.3. The lowest BCUT2D eigenvalue weighted by Crippen LogP contribution is -2.51. The summed E-state index contributed by atoms with van der Waals surface area (Å²) in [5.74, 6) is 13.3. The molecule has 26 heavy (non-hydrogen) atoms. The molecule has 2 saturated heterocycles. The van der Waals surface area contributed by atoms with Crippen molar-refractivity contribution < 1.29 is 10.2 Å². The normalized spacial score (nSPS) is 31.5. The van der Waals surface area contributed by atoms with Gasteiger partial charge in [-0.1, -0.05) is 25.7 Å². The highest BCUT2D eigenvalue weighted by Crippen LogP contribution is 2.25. The summed E-state index contributed by atoms with van der Waals surface area (Å²) in [6.45, 7) is 16.2. The fourth-order valence-corrected chi connectivity index (χ4v) is 3.81. The molecule has 2 N–H and O–H groups in total. The van der Waals surface area contributed by atoms with Crippen LogP contribution in [-0.2, 0) is 0 Å². The van der Waals surface area contributed by atoms with E-state index in [1.165, 1.54) is 0 Å². The van der Waals surface area contributed by atoms with E-state index in [0.717, 1.165) is 39.0 Å². The minimum Gasteiger partial charge on any atom is -0.393 e. The van der Waals surface area contributed by atoms with E-state index < -0.39 is 0 Å². The summed E-state index contributed by atoms with van der Waals surface area (Å²) in [7, 11) is 0. The first-order valence-corrected chi connectivity index (χ1v) is 9.93. The van der Waals surface area contributed by atoms with Crippen LogP contribution in [0.2, 0.25) is 0 Å². The van der Waals surface area contributed by atoms with Gasteiger partial charge in [-0.05, 0) is 64.2 Å². The molecule has 2 aliphatic heterocycles. The highest BCUT2D eigenvalue weighted by Gasteiger charge is 2.33. The summed E-state index contributed by atoms with van der Waals surface area (Å²) in [6.07, 6.45) is 1.23. The summed E-state index contributed by atoms with van der Waals surface area (Å²) < 4.78 is 0. The minimum absolute atomic E-state index is 0.193. The molecule has 2 heterocycles. The van der Waals surface area contributed by atoms with E-state index in [9.17, 15) is 10.2 Å². The van der Waals surface area contributed by atoms with Gasteiger partial charge in [0.2, 0.25) is 0 Å². The SMILES string of the molecule is C[C@@H]1CN(C(C)(C)C#CC#CC(C)(C)N2CC[C@H](O)[C@H](C)C2)CC[C@H]1O. The Hall–Kier alpha value is -1.04. The first-order valence-electron chi connectivity index (χ1n) is 9.93. The lowest BCUT2D eigenvalue weighted by Gasteiger charge is -2.42. The predicted molar refractivity (Wildman–Crippen MR) is 106 cm³/mol. The fraction of sp³-hybridized carbons (Fsp3) is 0.818. The molecule has 146 valence electrons. The summed E-state index contributed by atoms with van der Waals surface area (Å²) in [5.41, 5.74) is -0.478. The molecule has 2 rings (SSSR count). The highest BCUT2D eigenvalue weighted by atomic mass is 16.3. The average Bonchev–Trinajstić information content (AvgIpc) is 2.56. The third-order valence-electron chi connectivity index (χ3n) is 6.10. The van der Waals surface area contributed by atoms with Crippen LogP contribution in [0.15, 0.2) is 0 Å². The molecule has 0 saturated carbocycles. The zero-order valence-electron chi connectivity index (χ0n) is 17.3. The Morgan fingerprint density at radius 2 is 1.08 bits per heavy atom. The predicted octanol–water partition coefficient (Wildman–Crippen LogP) is 1.96. The molecule has 0 bridgehead atoms. The molecular formula is C22H36N2O2. The molecule has 2 fully saturated rings.